The van der Waals surface area contributed by atoms with Gasteiger partial charge in [0.25, 0.3) is 0 Å². The van der Waals surface area contributed by atoms with Crippen molar-refractivity contribution in [3.63, 3.8) is 0 Å². The van der Waals surface area contributed by atoms with Gasteiger partial charge >= 0.3 is 11.9 Å². The van der Waals surface area contributed by atoms with Crippen molar-refractivity contribution in [2.75, 3.05) is 13.7 Å². The molecule has 1 aliphatic heterocycles. The highest BCUT2D eigenvalue weighted by atomic mass is 28.4. The van der Waals surface area contributed by atoms with Gasteiger partial charge < -0.3 is 28.1 Å². The molecule has 0 bridgehead atoms. The smallest absolute Gasteiger partial charge is 0.305 e. The average molecular weight is 539 g/mol. The Morgan fingerprint density at radius 2 is 1.49 bits per heavy atom. The molecule has 1 aromatic rings. The number of esters is 2. The molecule has 1 saturated heterocycles. The lowest BCUT2D eigenvalue weighted by atomic mass is 9.90. The fraction of sp³-hybridized carbons (Fsp3) is 0.714. The molecule has 0 aromatic heterocycles. The molecule has 210 valence electrons. The van der Waals surface area contributed by atoms with Gasteiger partial charge in [0, 0.05) is 19.8 Å². The number of carbonyl (C=O) groups is 2. The molecule has 2 rings (SSSR count). The van der Waals surface area contributed by atoms with Crippen LogP contribution in [0.1, 0.15) is 67.9 Å². The van der Waals surface area contributed by atoms with Crippen molar-refractivity contribution in [2.45, 2.75) is 110 Å². The monoisotopic (exact) mass is 538 g/mol. The van der Waals surface area contributed by atoms with Crippen molar-refractivity contribution in [2.24, 2.45) is 5.92 Å². The maximum absolute atomic E-state index is 12.1. The van der Waals surface area contributed by atoms with Gasteiger partial charge in [-0.25, -0.2) is 0 Å². The number of ether oxygens (including phenoxy) is 5. The van der Waals surface area contributed by atoms with Gasteiger partial charge in [0.05, 0.1) is 19.8 Å². The summed E-state index contributed by atoms with van der Waals surface area (Å²) in [6, 6.07) is 7.68. The number of rotatable bonds is 12. The first-order valence-electron chi connectivity index (χ1n) is 13.2. The number of hydrogen-bond acceptors (Lipinski definition) is 8. The minimum absolute atomic E-state index is 0.0322. The van der Waals surface area contributed by atoms with E-state index in [0.29, 0.717) is 23.2 Å². The lowest BCUT2D eigenvalue weighted by molar-refractivity contribution is -0.284. The maximum atomic E-state index is 12.1. The quantitative estimate of drug-likeness (QED) is 0.250. The second-order valence-corrected chi connectivity index (χ2v) is 16.2. The maximum Gasteiger partial charge on any atom is 0.305 e. The second kappa shape index (κ2) is 13.7. The molecule has 37 heavy (non-hydrogen) atoms. The van der Waals surface area contributed by atoms with E-state index in [4.69, 9.17) is 28.1 Å². The summed E-state index contributed by atoms with van der Waals surface area (Å²) in [6.45, 7) is 18.3. The number of benzene rings is 1. The summed E-state index contributed by atoms with van der Waals surface area (Å²) in [5.74, 6) is -0.311. The Kier molecular flexibility index (Phi) is 11.6. The van der Waals surface area contributed by atoms with Gasteiger partial charge in [0.15, 0.2) is 0 Å². The average Bonchev–Trinajstić information content (AvgIpc) is 2.81. The topological polar surface area (TPSA) is 89.5 Å². The summed E-state index contributed by atoms with van der Waals surface area (Å²) < 4.78 is 36.2. The molecule has 1 fully saturated rings. The first-order valence-corrected chi connectivity index (χ1v) is 15.4. The summed E-state index contributed by atoms with van der Waals surface area (Å²) in [4.78, 5) is 23.7. The van der Waals surface area contributed by atoms with E-state index >= 15 is 0 Å². The highest BCUT2D eigenvalue weighted by Crippen LogP contribution is 2.45. The van der Waals surface area contributed by atoms with Crippen molar-refractivity contribution >= 4 is 20.3 Å². The Labute approximate surface area is 223 Å². The van der Waals surface area contributed by atoms with Crippen LogP contribution in [0.25, 0.3) is 0 Å². The van der Waals surface area contributed by atoms with Gasteiger partial charge in [-0.1, -0.05) is 60.6 Å². The van der Waals surface area contributed by atoms with E-state index in [9.17, 15) is 9.59 Å². The molecule has 0 N–H and O–H groups in total. The van der Waals surface area contributed by atoms with Crippen molar-refractivity contribution in [3.8, 4) is 5.75 Å². The first-order chi connectivity index (χ1) is 17.3. The van der Waals surface area contributed by atoms with Crippen LogP contribution in [0.5, 0.6) is 5.75 Å². The number of methoxy groups -OCH3 is 1. The van der Waals surface area contributed by atoms with Crippen LogP contribution >= 0.6 is 0 Å². The van der Waals surface area contributed by atoms with Gasteiger partial charge in [-0.05, 0) is 34.3 Å². The molecule has 1 aliphatic rings. The largest absolute Gasteiger partial charge is 0.497 e. The lowest BCUT2D eigenvalue weighted by Gasteiger charge is -2.51. The summed E-state index contributed by atoms with van der Waals surface area (Å²) in [7, 11) is -0.783. The van der Waals surface area contributed by atoms with Crippen molar-refractivity contribution in [1.82, 2.24) is 0 Å². The third-order valence-corrected chi connectivity index (χ3v) is 13.5. The molecule has 1 aromatic carbocycles. The summed E-state index contributed by atoms with van der Waals surface area (Å²) in [5, 5.41) is 0. The minimum atomic E-state index is -2.41. The Morgan fingerprint density at radius 3 is 1.95 bits per heavy atom. The minimum Gasteiger partial charge on any atom is -0.497 e. The molecule has 0 spiro atoms. The number of carbonyl (C=O) groups excluding carboxylic acids is 2. The third-order valence-electron chi connectivity index (χ3n) is 7.39. The molecular weight excluding hydrogens is 492 g/mol. The van der Waals surface area contributed by atoms with Crippen molar-refractivity contribution < 1.29 is 37.7 Å². The Morgan fingerprint density at radius 1 is 0.919 bits per heavy atom. The SMILES string of the molecule is COc1ccc(CO[C@@H]2[C@@H](C)[C@H](COC(C)=O)O[C@@H](OC(C)=O)[C@H]2O[Si](C(C)C)(C(C)C)C(C)C)cc1. The van der Waals surface area contributed by atoms with Crippen LogP contribution in [0.15, 0.2) is 24.3 Å². The summed E-state index contributed by atoms with van der Waals surface area (Å²) in [5.41, 5.74) is 1.89. The number of hydrogen-bond donors (Lipinski definition) is 0. The van der Waals surface area contributed by atoms with Crippen LogP contribution in [-0.2, 0) is 39.6 Å². The first kappa shape index (κ1) is 31.3. The van der Waals surface area contributed by atoms with E-state index in [1.54, 1.807) is 7.11 Å². The van der Waals surface area contributed by atoms with Crippen LogP contribution in [0.2, 0.25) is 16.6 Å². The molecule has 0 radical (unpaired) electrons. The van der Waals surface area contributed by atoms with E-state index in [1.165, 1.54) is 13.8 Å². The lowest BCUT2D eigenvalue weighted by Crippen LogP contribution is -2.62. The predicted octanol–water partition coefficient (Wildman–Crippen LogP) is 5.63. The van der Waals surface area contributed by atoms with E-state index in [-0.39, 0.29) is 12.5 Å². The highest BCUT2D eigenvalue weighted by Gasteiger charge is 2.54. The van der Waals surface area contributed by atoms with Gasteiger partial charge in [0.2, 0.25) is 14.6 Å². The highest BCUT2D eigenvalue weighted by molar-refractivity contribution is 6.77. The second-order valence-electron chi connectivity index (χ2n) is 10.8. The van der Waals surface area contributed by atoms with E-state index in [0.717, 1.165) is 11.3 Å². The molecule has 0 saturated carbocycles. The molecule has 0 aliphatic carbocycles. The van der Waals surface area contributed by atoms with Gasteiger partial charge in [-0.2, -0.15) is 0 Å². The fourth-order valence-electron chi connectivity index (χ4n) is 5.62. The van der Waals surface area contributed by atoms with Gasteiger partial charge in [-0.15, -0.1) is 0 Å². The molecule has 5 atom stereocenters. The molecular formula is C28H46O8Si. The Bertz CT molecular complexity index is 848. The Balaban J connectivity index is 2.48. The van der Waals surface area contributed by atoms with Gasteiger partial charge in [-0.3, -0.25) is 9.59 Å². The molecule has 0 amide bonds. The standard InChI is InChI=1S/C28H46O8Si/c1-17(2)37(18(3)4,19(5)6)36-27-26(33-15-23-11-13-24(31-10)14-12-23)20(7)25(16-32-21(8)29)35-28(27)34-22(9)30/h11-14,17-20,25-28H,15-16H2,1-10H3/t20-,25-,26+,27-,28+/m0/s1. The van der Waals surface area contributed by atoms with Crippen LogP contribution in [0.4, 0.5) is 0 Å². The zero-order valence-corrected chi connectivity index (χ0v) is 25.1. The normalized spacial score (nSPS) is 24.4. The molecule has 8 nitrogen and oxygen atoms in total. The van der Waals surface area contributed by atoms with Crippen LogP contribution < -0.4 is 4.74 Å². The molecule has 9 heteroatoms. The van der Waals surface area contributed by atoms with Crippen molar-refractivity contribution in [1.29, 1.82) is 0 Å². The predicted molar refractivity (Wildman–Crippen MR) is 144 cm³/mol. The van der Waals surface area contributed by atoms with Crippen molar-refractivity contribution in [3.05, 3.63) is 29.8 Å². The molecule has 1 heterocycles. The van der Waals surface area contributed by atoms with E-state index in [2.05, 4.69) is 41.5 Å². The van der Waals surface area contributed by atoms with Crippen LogP contribution in [-0.4, -0.2) is 58.6 Å². The summed E-state index contributed by atoms with van der Waals surface area (Å²) >= 11 is 0. The van der Waals surface area contributed by atoms with Crippen LogP contribution in [0.3, 0.4) is 0 Å². The van der Waals surface area contributed by atoms with E-state index in [1.807, 2.05) is 31.2 Å². The zero-order valence-electron chi connectivity index (χ0n) is 24.1. The molecule has 0 unspecified atom stereocenters. The fourth-order valence-corrected chi connectivity index (χ4v) is 11.1. The van der Waals surface area contributed by atoms with Crippen LogP contribution in [0, 0.1) is 5.92 Å². The third kappa shape index (κ3) is 7.78. The van der Waals surface area contributed by atoms with E-state index < -0.39 is 44.9 Å². The summed E-state index contributed by atoms with van der Waals surface area (Å²) in [6.07, 6.45) is -2.62. The van der Waals surface area contributed by atoms with Gasteiger partial charge in [0.1, 0.15) is 24.6 Å². The Hall–Kier alpha value is -1.94. The zero-order chi connectivity index (χ0) is 27.9.